The molecule has 0 saturated heterocycles. The van der Waals surface area contributed by atoms with Gasteiger partial charge in [-0.3, -0.25) is 10.1 Å². The van der Waals surface area contributed by atoms with Crippen LogP contribution in [0.25, 0.3) is 0 Å². The molecular formula is C8H5ClN2O2. The molecule has 1 rings (SSSR count). The van der Waals surface area contributed by atoms with Crippen LogP contribution in [0.15, 0.2) is 12.1 Å². The van der Waals surface area contributed by atoms with Crippen molar-refractivity contribution in [3.63, 3.8) is 0 Å². The van der Waals surface area contributed by atoms with Crippen molar-refractivity contribution in [3.8, 4) is 6.07 Å². The van der Waals surface area contributed by atoms with Gasteiger partial charge in [-0.1, -0.05) is 11.6 Å². The maximum absolute atomic E-state index is 10.5. The highest BCUT2D eigenvalue weighted by Gasteiger charge is 2.16. The van der Waals surface area contributed by atoms with Gasteiger partial charge in [0.25, 0.3) is 5.69 Å². The van der Waals surface area contributed by atoms with Crippen molar-refractivity contribution in [1.29, 1.82) is 5.26 Å². The van der Waals surface area contributed by atoms with E-state index in [9.17, 15) is 10.1 Å². The van der Waals surface area contributed by atoms with E-state index in [0.29, 0.717) is 11.1 Å². The molecule has 0 amide bonds. The van der Waals surface area contributed by atoms with Crippen LogP contribution < -0.4 is 0 Å². The van der Waals surface area contributed by atoms with Gasteiger partial charge in [-0.05, 0) is 19.1 Å². The molecule has 0 fully saturated rings. The first-order valence-electron chi connectivity index (χ1n) is 3.41. The summed E-state index contributed by atoms with van der Waals surface area (Å²) in [6, 6.07) is 4.59. The smallest absolute Gasteiger partial charge is 0.258 e. The molecular weight excluding hydrogens is 192 g/mol. The van der Waals surface area contributed by atoms with Crippen molar-refractivity contribution in [2.45, 2.75) is 6.92 Å². The number of nitrogens with zero attached hydrogens (tertiary/aromatic N) is 2. The van der Waals surface area contributed by atoms with Crippen molar-refractivity contribution in [2.24, 2.45) is 0 Å². The fraction of sp³-hybridized carbons (Fsp3) is 0.125. The predicted molar refractivity (Wildman–Crippen MR) is 47.6 cm³/mol. The van der Waals surface area contributed by atoms with Crippen molar-refractivity contribution >= 4 is 17.3 Å². The molecule has 0 radical (unpaired) electrons. The third-order valence-electron chi connectivity index (χ3n) is 1.57. The number of hydrogen-bond donors (Lipinski definition) is 0. The molecule has 0 heterocycles. The molecule has 0 aromatic heterocycles. The lowest BCUT2D eigenvalue weighted by molar-refractivity contribution is -0.385. The first kappa shape index (κ1) is 9.49. The van der Waals surface area contributed by atoms with Gasteiger partial charge in [-0.15, -0.1) is 0 Å². The summed E-state index contributed by atoms with van der Waals surface area (Å²) < 4.78 is 0. The van der Waals surface area contributed by atoms with E-state index in [4.69, 9.17) is 16.9 Å². The van der Waals surface area contributed by atoms with E-state index in [0.717, 1.165) is 0 Å². The fourth-order valence-electron chi connectivity index (χ4n) is 1.03. The van der Waals surface area contributed by atoms with Gasteiger partial charge in [-0.2, -0.15) is 5.26 Å². The number of benzene rings is 1. The lowest BCUT2D eigenvalue weighted by Crippen LogP contribution is -1.93. The second-order valence-electron chi connectivity index (χ2n) is 2.49. The highest BCUT2D eigenvalue weighted by Crippen LogP contribution is 2.28. The highest BCUT2D eigenvalue weighted by molar-refractivity contribution is 6.32. The normalized spacial score (nSPS) is 9.31. The van der Waals surface area contributed by atoms with Crippen LogP contribution in [0.3, 0.4) is 0 Å². The molecule has 1 aromatic carbocycles. The zero-order valence-electron chi connectivity index (χ0n) is 6.74. The Kier molecular flexibility index (Phi) is 2.49. The highest BCUT2D eigenvalue weighted by atomic mass is 35.5. The topological polar surface area (TPSA) is 66.9 Å². The Morgan fingerprint density at radius 1 is 1.62 bits per heavy atom. The average molecular weight is 197 g/mol. The van der Waals surface area contributed by atoms with Gasteiger partial charge < -0.3 is 0 Å². The minimum Gasteiger partial charge on any atom is -0.258 e. The zero-order chi connectivity index (χ0) is 10.0. The second kappa shape index (κ2) is 3.42. The molecule has 0 aliphatic rings. The van der Waals surface area contributed by atoms with Crippen molar-refractivity contribution in [3.05, 3.63) is 38.4 Å². The molecule has 4 nitrogen and oxygen atoms in total. The summed E-state index contributed by atoms with van der Waals surface area (Å²) in [7, 11) is 0. The minimum absolute atomic E-state index is 0.00144. The third kappa shape index (κ3) is 1.76. The van der Waals surface area contributed by atoms with E-state index in [1.54, 1.807) is 6.92 Å². The molecule has 0 aliphatic heterocycles. The number of aryl methyl sites for hydroxylation is 1. The van der Waals surface area contributed by atoms with E-state index in [1.807, 2.05) is 6.07 Å². The molecule has 0 saturated carbocycles. The Morgan fingerprint density at radius 3 is 2.62 bits per heavy atom. The van der Waals surface area contributed by atoms with Gasteiger partial charge in [0, 0.05) is 5.56 Å². The summed E-state index contributed by atoms with van der Waals surface area (Å²) in [6.45, 7) is 1.55. The Labute approximate surface area is 79.5 Å². The minimum atomic E-state index is -0.557. The Balaban J connectivity index is 3.42. The molecule has 5 heteroatoms. The number of nitro benzene ring substituents is 1. The molecule has 1 aromatic rings. The Bertz CT molecular complexity index is 386. The largest absolute Gasteiger partial charge is 0.290 e. The van der Waals surface area contributed by atoms with Crippen LogP contribution in [0.5, 0.6) is 0 Å². The van der Waals surface area contributed by atoms with E-state index in [2.05, 4.69) is 0 Å². The molecule has 0 atom stereocenters. The van der Waals surface area contributed by atoms with E-state index in [1.165, 1.54) is 12.1 Å². The standard InChI is InChI=1S/C8H5ClN2O2/c1-5-2-6(4-10)3-7(9)8(5)11(12)13/h2-3H,1H3. The van der Waals surface area contributed by atoms with E-state index >= 15 is 0 Å². The molecule has 0 N–H and O–H groups in total. The quantitative estimate of drug-likeness (QED) is 0.512. The van der Waals surface area contributed by atoms with Crippen LogP contribution >= 0.6 is 11.6 Å². The molecule has 0 unspecified atom stereocenters. The van der Waals surface area contributed by atoms with Gasteiger partial charge >= 0.3 is 0 Å². The number of nitro groups is 1. The second-order valence-corrected chi connectivity index (χ2v) is 2.90. The number of rotatable bonds is 1. The maximum atomic E-state index is 10.5. The molecule has 13 heavy (non-hydrogen) atoms. The van der Waals surface area contributed by atoms with Gasteiger partial charge in [-0.25, -0.2) is 0 Å². The molecule has 0 spiro atoms. The molecule has 0 bridgehead atoms. The fourth-order valence-corrected chi connectivity index (χ4v) is 1.37. The van der Waals surface area contributed by atoms with Crippen molar-refractivity contribution in [2.75, 3.05) is 0 Å². The predicted octanol–water partition coefficient (Wildman–Crippen LogP) is 2.43. The van der Waals surface area contributed by atoms with Crippen LogP contribution in [-0.4, -0.2) is 4.92 Å². The van der Waals surface area contributed by atoms with Crippen LogP contribution in [-0.2, 0) is 0 Å². The summed E-state index contributed by atoms with van der Waals surface area (Å²) in [5.74, 6) is 0. The monoisotopic (exact) mass is 196 g/mol. The van der Waals surface area contributed by atoms with Crippen LogP contribution in [0.2, 0.25) is 5.02 Å². The van der Waals surface area contributed by atoms with Crippen LogP contribution in [0.1, 0.15) is 11.1 Å². The molecule has 0 aliphatic carbocycles. The van der Waals surface area contributed by atoms with Crippen molar-refractivity contribution < 1.29 is 4.92 Å². The zero-order valence-corrected chi connectivity index (χ0v) is 7.50. The Hall–Kier alpha value is -1.60. The van der Waals surface area contributed by atoms with Crippen molar-refractivity contribution in [1.82, 2.24) is 0 Å². The number of nitriles is 1. The summed E-state index contributed by atoms with van der Waals surface area (Å²) in [5, 5.41) is 19.0. The first-order chi connectivity index (χ1) is 6.06. The average Bonchev–Trinajstić information content (AvgIpc) is 2.02. The van der Waals surface area contributed by atoms with Gasteiger partial charge in [0.05, 0.1) is 16.6 Å². The Morgan fingerprint density at radius 2 is 2.23 bits per heavy atom. The lowest BCUT2D eigenvalue weighted by atomic mass is 10.1. The summed E-state index contributed by atoms with van der Waals surface area (Å²) in [4.78, 5) is 9.92. The molecule has 66 valence electrons. The lowest BCUT2D eigenvalue weighted by Gasteiger charge is -1.99. The van der Waals surface area contributed by atoms with Gasteiger partial charge in [0.2, 0.25) is 0 Å². The van der Waals surface area contributed by atoms with E-state index in [-0.39, 0.29) is 10.7 Å². The maximum Gasteiger partial charge on any atom is 0.290 e. The van der Waals surface area contributed by atoms with Crippen LogP contribution in [0.4, 0.5) is 5.69 Å². The summed E-state index contributed by atoms with van der Waals surface area (Å²) in [6.07, 6.45) is 0. The van der Waals surface area contributed by atoms with E-state index < -0.39 is 4.92 Å². The van der Waals surface area contributed by atoms with Crippen LogP contribution in [0, 0.1) is 28.4 Å². The SMILES string of the molecule is Cc1cc(C#N)cc(Cl)c1[N+](=O)[O-]. The van der Waals surface area contributed by atoms with Gasteiger partial charge in [0.1, 0.15) is 5.02 Å². The number of halogens is 1. The summed E-state index contributed by atoms with van der Waals surface area (Å²) >= 11 is 5.62. The number of hydrogen-bond acceptors (Lipinski definition) is 3. The first-order valence-corrected chi connectivity index (χ1v) is 3.78. The van der Waals surface area contributed by atoms with Gasteiger partial charge in [0.15, 0.2) is 0 Å². The third-order valence-corrected chi connectivity index (χ3v) is 1.85. The summed E-state index contributed by atoms with van der Waals surface area (Å²) in [5.41, 5.74) is 0.586.